The monoisotopic (exact) mass is 432 g/mol. The SMILES string of the molecule is Cc1nnc(SCc2ccccc2)n1/N=C/c1cccc(OCc2ccccc2F)c1. The van der Waals surface area contributed by atoms with Crippen LogP contribution >= 0.6 is 11.8 Å². The Labute approximate surface area is 184 Å². The molecule has 4 aromatic rings. The standard InChI is InChI=1S/C24H21FN4OS/c1-18-27-28-24(31-17-19-8-3-2-4-9-19)29(18)26-15-20-10-7-12-22(14-20)30-16-21-11-5-6-13-23(21)25/h2-15H,16-17H2,1H3/b26-15+. The number of nitrogens with zero attached hydrogens (tertiary/aromatic N) is 4. The smallest absolute Gasteiger partial charge is 0.212 e. The summed E-state index contributed by atoms with van der Waals surface area (Å²) in [5.74, 6) is 1.86. The first-order chi connectivity index (χ1) is 15.2. The van der Waals surface area contributed by atoms with Crippen LogP contribution in [-0.2, 0) is 12.4 Å². The second-order valence-corrected chi connectivity index (χ2v) is 7.76. The Morgan fingerprint density at radius 3 is 2.65 bits per heavy atom. The lowest BCUT2D eigenvalue weighted by molar-refractivity contribution is 0.300. The molecule has 0 unspecified atom stereocenters. The highest BCUT2D eigenvalue weighted by atomic mass is 32.2. The highest BCUT2D eigenvalue weighted by molar-refractivity contribution is 7.98. The maximum absolute atomic E-state index is 13.8. The van der Waals surface area contributed by atoms with Crippen LogP contribution in [-0.4, -0.2) is 21.1 Å². The summed E-state index contributed by atoms with van der Waals surface area (Å²) >= 11 is 1.58. The molecule has 1 aromatic heterocycles. The Kier molecular flexibility index (Phi) is 6.74. The van der Waals surface area contributed by atoms with Crippen molar-refractivity contribution in [3.8, 4) is 5.75 Å². The van der Waals surface area contributed by atoms with Crippen molar-refractivity contribution in [2.45, 2.75) is 24.4 Å². The molecular weight excluding hydrogens is 411 g/mol. The van der Waals surface area contributed by atoms with E-state index < -0.39 is 0 Å². The first-order valence-electron chi connectivity index (χ1n) is 9.78. The average Bonchev–Trinajstić information content (AvgIpc) is 3.16. The van der Waals surface area contributed by atoms with E-state index in [2.05, 4.69) is 27.4 Å². The maximum Gasteiger partial charge on any atom is 0.212 e. The van der Waals surface area contributed by atoms with E-state index in [9.17, 15) is 4.39 Å². The van der Waals surface area contributed by atoms with Crippen molar-refractivity contribution < 1.29 is 9.13 Å². The second kappa shape index (κ2) is 10.0. The van der Waals surface area contributed by atoms with Crippen LogP contribution in [0.1, 0.15) is 22.5 Å². The number of halogens is 1. The van der Waals surface area contributed by atoms with E-state index in [0.717, 1.165) is 16.5 Å². The molecule has 31 heavy (non-hydrogen) atoms. The predicted molar refractivity (Wildman–Crippen MR) is 121 cm³/mol. The van der Waals surface area contributed by atoms with Crippen molar-refractivity contribution in [1.29, 1.82) is 0 Å². The minimum atomic E-state index is -0.274. The number of rotatable bonds is 8. The van der Waals surface area contributed by atoms with Crippen molar-refractivity contribution >= 4 is 18.0 Å². The first-order valence-corrected chi connectivity index (χ1v) is 10.8. The third-order valence-corrected chi connectivity index (χ3v) is 5.50. The van der Waals surface area contributed by atoms with E-state index in [4.69, 9.17) is 4.74 Å². The molecular formula is C24H21FN4OS. The lowest BCUT2D eigenvalue weighted by Crippen LogP contribution is -1.99. The van der Waals surface area contributed by atoms with Crippen molar-refractivity contribution in [3.05, 3.63) is 107 Å². The molecule has 0 fully saturated rings. The zero-order valence-corrected chi connectivity index (χ0v) is 17.8. The first kappa shape index (κ1) is 20.8. The quantitative estimate of drug-likeness (QED) is 0.273. The van der Waals surface area contributed by atoms with E-state index >= 15 is 0 Å². The maximum atomic E-state index is 13.8. The summed E-state index contributed by atoms with van der Waals surface area (Å²) in [5.41, 5.74) is 2.59. The molecule has 0 atom stereocenters. The Bertz CT molecular complexity index is 1180. The van der Waals surface area contributed by atoms with Crippen LogP contribution in [0.25, 0.3) is 0 Å². The third kappa shape index (κ3) is 5.58. The molecule has 0 aliphatic carbocycles. The number of hydrogen-bond acceptors (Lipinski definition) is 5. The van der Waals surface area contributed by atoms with Gasteiger partial charge in [0.1, 0.15) is 18.2 Å². The van der Waals surface area contributed by atoms with Gasteiger partial charge in [0, 0.05) is 11.3 Å². The summed E-state index contributed by atoms with van der Waals surface area (Å²) < 4.78 is 21.2. The molecule has 3 aromatic carbocycles. The van der Waals surface area contributed by atoms with Gasteiger partial charge in [0.2, 0.25) is 5.16 Å². The van der Waals surface area contributed by atoms with Crippen LogP contribution in [0.3, 0.4) is 0 Å². The molecule has 0 N–H and O–H groups in total. The minimum Gasteiger partial charge on any atom is -0.489 e. The molecule has 0 spiro atoms. The van der Waals surface area contributed by atoms with Gasteiger partial charge in [0.25, 0.3) is 0 Å². The van der Waals surface area contributed by atoms with E-state index in [1.54, 1.807) is 40.9 Å². The van der Waals surface area contributed by atoms with E-state index in [1.807, 2.05) is 49.4 Å². The van der Waals surface area contributed by atoms with Gasteiger partial charge >= 0.3 is 0 Å². The molecule has 5 nitrogen and oxygen atoms in total. The minimum absolute atomic E-state index is 0.165. The van der Waals surface area contributed by atoms with Crippen LogP contribution in [0.15, 0.2) is 89.1 Å². The fourth-order valence-corrected chi connectivity index (χ4v) is 3.76. The number of hydrogen-bond donors (Lipinski definition) is 0. The highest BCUT2D eigenvalue weighted by Crippen LogP contribution is 2.22. The molecule has 156 valence electrons. The van der Waals surface area contributed by atoms with Gasteiger partial charge in [-0.1, -0.05) is 72.4 Å². The van der Waals surface area contributed by atoms with Gasteiger partial charge in [0.05, 0.1) is 6.21 Å². The average molecular weight is 433 g/mol. The molecule has 0 aliphatic rings. The molecule has 7 heteroatoms. The molecule has 4 rings (SSSR count). The molecule has 0 saturated carbocycles. The van der Waals surface area contributed by atoms with Crippen molar-refractivity contribution in [3.63, 3.8) is 0 Å². The summed E-state index contributed by atoms with van der Waals surface area (Å²) in [5, 5.41) is 13.7. The van der Waals surface area contributed by atoms with Gasteiger partial charge in [0.15, 0.2) is 5.82 Å². The number of benzene rings is 3. The lowest BCUT2D eigenvalue weighted by Gasteiger charge is -2.07. The van der Waals surface area contributed by atoms with Crippen LogP contribution in [0.2, 0.25) is 0 Å². The van der Waals surface area contributed by atoms with Gasteiger partial charge in [-0.2, -0.15) is 9.78 Å². The van der Waals surface area contributed by atoms with E-state index in [0.29, 0.717) is 17.1 Å². The van der Waals surface area contributed by atoms with Crippen molar-refractivity contribution in [2.75, 3.05) is 0 Å². The fraction of sp³-hybridized carbons (Fsp3) is 0.125. The van der Waals surface area contributed by atoms with Gasteiger partial charge < -0.3 is 4.74 Å². The fourth-order valence-electron chi connectivity index (χ4n) is 2.87. The Morgan fingerprint density at radius 1 is 1.00 bits per heavy atom. The molecule has 0 bridgehead atoms. The second-order valence-electron chi connectivity index (χ2n) is 6.81. The van der Waals surface area contributed by atoms with Gasteiger partial charge in [-0.15, -0.1) is 10.2 Å². The van der Waals surface area contributed by atoms with Crippen LogP contribution in [0.4, 0.5) is 4.39 Å². The van der Waals surface area contributed by atoms with Crippen LogP contribution in [0.5, 0.6) is 5.75 Å². The summed E-state index contributed by atoms with van der Waals surface area (Å²) in [6.07, 6.45) is 1.74. The third-order valence-electron chi connectivity index (χ3n) is 4.51. The Morgan fingerprint density at radius 2 is 1.81 bits per heavy atom. The summed E-state index contributed by atoms with van der Waals surface area (Å²) in [4.78, 5) is 0. The summed E-state index contributed by atoms with van der Waals surface area (Å²) in [7, 11) is 0. The molecule has 0 saturated heterocycles. The highest BCUT2D eigenvalue weighted by Gasteiger charge is 2.09. The Balaban J connectivity index is 1.43. The number of aryl methyl sites for hydroxylation is 1. The zero-order chi connectivity index (χ0) is 21.5. The summed E-state index contributed by atoms with van der Waals surface area (Å²) in [6.45, 7) is 2.03. The van der Waals surface area contributed by atoms with Crippen molar-refractivity contribution in [1.82, 2.24) is 14.9 Å². The van der Waals surface area contributed by atoms with Crippen molar-refractivity contribution in [2.24, 2.45) is 5.10 Å². The van der Waals surface area contributed by atoms with Crippen LogP contribution < -0.4 is 4.74 Å². The molecule has 0 amide bonds. The predicted octanol–water partition coefficient (Wildman–Crippen LogP) is 5.48. The number of ether oxygens (including phenoxy) is 1. The van der Waals surface area contributed by atoms with Gasteiger partial charge in [-0.05, 0) is 36.2 Å². The lowest BCUT2D eigenvalue weighted by atomic mass is 10.2. The normalized spacial score (nSPS) is 11.2. The Hall–Kier alpha value is -3.45. The zero-order valence-electron chi connectivity index (χ0n) is 17.0. The van der Waals surface area contributed by atoms with Crippen LogP contribution in [0, 0.1) is 12.7 Å². The molecule has 0 radical (unpaired) electrons. The number of aromatic nitrogens is 3. The number of thioether (sulfide) groups is 1. The largest absolute Gasteiger partial charge is 0.489 e. The molecule has 1 heterocycles. The van der Waals surface area contributed by atoms with Gasteiger partial charge in [-0.3, -0.25) is 0 Å². The van der Waals surface area contributed by atoms with E-state index in [-0.39, 0.29) is 12.4 Å². The van der Waals surface area contributed by atoms with E-state index in [1.165, 1.54) is 11.6 Å². The molecule has 0 aliphatic heterocycles. The van der Waals surface area contributed by atoms with Gasteiger partial charge in [-0.25, -0.2) is 4.39 Å². The summed E-state index contributed by atoms with van der Waals surface area (Å²) in [6, 6.07) is 24.3. The topological polar surface area (TPSA) is 52.3 Å².